The van der Waals surface area contributed by atoms with E-state index in [0.717, 1.165) is 0 Å². The summed E-state index contributed by atoms with van der Waals surface area (Å²) in [5, 5.41) is 20.0. The highest BCUT2D eigenvalue weighted by atomic mass is 16.6. The van der Waals surface area contributed by atoms with E-state index in [1.165, 1.54) is 6.07 Å². The maximum Gasteiger partial charge on any atom is 0.343 e. The number of cyclic esters (lactones) is 1. The highest BCUT2D eigenvalue weighted by Gasteiger charge is 2.44. The maximum absolute atomic E-state index is 12.0. The van der Waals surface area contributed by atoms with E-state index in [2.05, 4.69) is 4.98 Å². The van der Waals surface area contributed by atoms with Crippen LogP contribution in [0.3, 0.4) is 0 Å². The number of aliphatic hydroxyl groups excluding tert-OH is 1. The molecule has 114 valence electrons. The van der Waals surface area contributed by atoms with Crippen LogP contribution in [0.1, 0.15) is 48.3 Å². The number of aromatic nitrogens is 1. The van der Waals surface area contributed by atoms with E-state index in [1.54, 1.807) is 13.8 Å². The largest absolute Gasteiger partial charge is 0.458 e. The smallest absolute Gasteiger partial charge is 0.343 e. The number of esters is 1. The summed E-state index contributed by atoms with van der Waals surface area (Å²) in [5.74, 6) is -1.51. The van der Waals surface area contributed by atoms with Gasteiger partial charge >= 0.3 is 5.97 Å². The Morgan fingerprint density at radius 3 is 2.71 bits per heavy atom. The Bertz CT molecular complexity index is 649. The fraction of sp³-hybridized carbons (Fsp3) is 0.500. The van der Waals surface area contributed by atoms with E-state index in [4.69, 9.17) is 4.74 Å². The van der Waals surface area contributed by atoms with Gasteiger partial charge in [0.1, 0.15) is 12.7 Å². The number of rotatable bonds is 4. The van der Waals surface area contributed by atoms with E-state index < -0.39 is 29.0 Å². The molecule has 2 heterocycles. The first-order valence-electron chi connectivity index (χ1n) is 6.73. The first kappa shape index (κ1) is 15.4. The van der Waals surface area contributed by atoms with Crippen molar-refractivity contribution in [2.24, 2.45) is 0 Å². The van der Waals surface area contributed by atoms with Crippen LogP contribution in [-0.4, -0.2) is 33.1 Å². The summed E-state index contributed by atoms with van der Waals surface area (Å²) in [5.41, 5.74) is -2.51. The SMILES string of the molecule is CCC(O)C(=O)c1cc2c(c(=O)[nH]1)COC(=O)[C@]2(O)CC. The van der Waals surface area contributed by atoms with Crippen LogP contribution in [0.25, 0.3) is 0 Å². The van der Waals surface area contributed by atoms with Gasteiger partial charge in [-0.15, -0.1) is 0 Å². The Morgan fingerprint density at radius 2 is 2.14 bits per heavy atom. The summed E-state index contributed by atoms with van der Waals surface area (Å²) in [7, 11) is 0. The van der Waals surface area contributed by atoms with Crippen molar-refractivity contribution in [2.45, 2.75) is 45.0 Å². The number of H-pyrrole nitrogens is 1. The number of Topliss-reactive ketones (excluding diaryl/α,β-unsaturated/α-hetero) is 1. The maximum atomic E-state index is 12.0. The highest BCUT2D eigenvalue weighted by molar-refractivity contribution is 5.98. The van der Waals surface area contributed by atoms with Gasteiger partial charge in [-0.3, -0.25) is 9.59 Å². The molecule has 1 aromatic rings. The van der Waals surface area contributed by atoms with Crippen LogP contribution in [0.4, 0.5) is 0 Å². The fourth-order valence-corrected chi connectivity index (χ4v) is 2.30. The third-order valence-corrected chi connectivity index (χ3v) is 3.73. The molecule has 0 spiro atoms. The second-order valence-corrected chi connectivity index (χ2v) is 4.98. The molecule has 0 aliphatic carbocycles. The lowest BCUT2D eigenvalue weighted by atomic mass is 9.86. The molecule has 1 aromatic heterocycles. The van der Waals surface area contributed by atoms with Gasteiger partial charge < -0.3 is 19.9 Å². The molecule has 2 rings (SSSR count). The van der Waals surface area contributed by atoms with Gasteiger partial charge in [-0.05, 0) is 18.9 Å². The van der Waals surface area contributed by atoms with Crippen molar-refractivity contribution in [1.82, 2.24) is 4.98 Å². The van der Waals surface area contributed by atoms with Gasteiger partial charge in [-0.25, -0.2) is 4.79 Å². The number of carbonyl (C=O) groups is 2. The number of ether oxygens (including phenoxy) is 1. The number of carbonyl (C=O) groups excluding carboxylic acids is 2. The second-order valence-electron chi connectivity index (χ2n) is 4.98. The zero-order chi connectivity index (χ0) is 15.8. The molecule has 2 atom stereocenters. The minimum absolute atomic E-state index is 0.00620. The summed E-state index contributed by atoms with van der Waals surface area (Å²) in [6.45, 7) is 2.94. The highest BCUT2D eigenvalue weighted by Crippen LogP contribution is 2.33. The minimum atomic E-state index is -1.95. The zero-order valence-corrected chi connectivity index (χ0v) is 11.8. The fourth-order valence-electron chi connectivity index (χ4n) is 2.30. The third kappa shape index (κ3) is 2.38. The number of hydrogen-bond acceptors (Lipinski definition) is 6. The number of nitrogens with one attached hydrogen (secondary N) is 1. The molecule has 0 saturated heterocycles. The molecule has 1 aliphatic rings. The number of hydrogen-bond donors (Lipinski definition) is 3. The molecule has 7 nitrogen and oxygen atoms in total. The Balaban J connectivity index is 2.62. The summed E-state index contributed by atoms with van der Waals surface area (Å²) >= 11 is 0. The monoisotopic (exact) mass is 295 g/mol. The molecular weight excluding hydrogens is 278 g/mol. The van der Waals surface area contributed by atoms with Gasteiger partial charge in [0.2, 0.25) is 5.78 Å². The summed E-state index contributed by atoms with van der Waals surface area (Å²) in [6, 6.07) is 1.25. The van der Waals surface area contributed by atoms with Gasteiger partial charge in [0.25, 0.3) is 5.56 Å². The Labute approximate surface area is 120 Å². The summed E-state index contributed by atoms with van der Waals surface area (Å²) in [6.07, 6.45) is -1.05. The molecule has 0 fully saturated rings. The summed E-state index contributed by atoms with van der Waals surface area (Å²) in [4.78, 5) is 38.1. The Morgan fingerprint density at radius 1 is 1.48 bits per heavy atom. The topological polar surface area (TPSA) is 117 Å². The third-order valence-electron chi connectivity index (χ3n) is 3.73. The number of aliphatic hydroxyl groups is 2. The Kier molecular flexibility index (Phi) is 3.97. The lowest BCUT2D eigenvalue weighted by molar-refractivity contribution is -0.172. The minimum Gasteiger partial charge on any atom is -0.458 e. The van der Waals surface area contributed by atoms with Crippen LogP contribution in [0.15, 0.2) is 10.9 Å². The standard InChI is InChI=1S/C14H17NO6/c1-3-10(16)11(17)9-5-8-7(12(18)15-9)6-21-13(19)14(8,20)4-2/h5,10,16,20H,3-4,6H2,1-2H3,(H,15,18)/t10?,14-/m0/s1. The van der Waals surface area contributed by atoms with Crippen LogP contribution in [0.2, 0.25) is 0 Å². The molecule has 1 aliphatic heterocycles. The number of fused-ring (bicyclic) bond motifs is 1. The van der Waals surface area contributed by atoms with Crippen molar-refractivity contribution in [2.75, 3.05) is 0 Å². The average Bonchev–Trinajstić information content (AvgIpc) is 2.49. The van der Waals surface area contributed by atoms with Crippen molar-refractivity contribution in [3.05, 3.63) is 33.2 Å². The average molecular weight is 295 g/mol. The second kappa shape index (κ2) is 5.42. The van der Waals surface area contributed by atoms with E-state index in [-0.39, 0.29) is 36.3 Å². The molecule has 0 bridgehead atoms. The first-order valence-corrected chi connectivity index (χ1v) is 6.73. The molecule has 3 N–H and O–H groups in total. The molecule has 0 amide bonds. The van der Waals surface area contributed by atoms with Gasteiger partial charge in [-0.1, -0.05) is 13.8 Å². The van der Waals surface area contributed by atoms with Gasteiger partial charge in [0.05, 0.1) is 11.3 Å². The van der Waals surface area contributed by atoms with E-state index in [9.17, 15) is 24.6 Å². The van der Waals surface area contributed by atoms with Gasteiger partial charge in [0, 0.05) is 5.56 Å². The lowest BCUT2D eigenvalue weighted by Crippen LogP contribution is -2.44. The molecule has 0 aromatic carbocycles. The normalized spacial score (nSPS) is 22.4. The van der Waals surface area contributed by atoms with E-state index >= 15 is 0 Å². The number of pyridine rings is 1. The van der Waals surface area contributed by atoms with Crippen molar-refractivity contribution in [3.8, 4) is 0 Å². The first-order chi connectivity index (χ1) is 9.85. The molecule has 21 heavy (non-hydrogen) atoms. The molecular formula is C14H17NO6. The van der Waals surface area contributed by atoms with Crippen molar-refractivity contribution >= 4 is 11.8 Å². The van der Waals surface area contributed by atoms with Gasteiger partial charge in [-0.2, -0.15) is 0 Å². The Hall–Kier alpha value is -1.99. The molecule has 0 saturated carbocycles. The quantitative estimate of drug-likeness (QED) is 0.531. The van der Waals surface area contributed by atoms with Crippen LogP contribution in [-0.2, 0) is 21.7 Å². The predicted octanol–water partition coefficient (Wildman–Crippen LogP) is -0.0171. The van der Waals surface area contributed by atoms with Gasteiger partial charge in [0.15, 0.2) is 5.60 Å². The lowest BCUT2D eigenvalue weighted by Gasteiger charge is -2.31. The van der Waals surface area contributed by atoms with Crippen molar-refractivity contribution < 1.29 is 24.5 Å². The van der Waals surface area contributed by atoms with Crippen LogP contribution in [0.5, 0.6) is 0 Å². The number of ketones is 1. The van der Waals surface area contributed by atoms with Crippen LogP contribution < -0.4 is 5.56 Å². The molecule has 0 radical (unpaired) electrons. The van der Waals surface area contributed by atoms with Crippen molar-refractivity contribution in [1.29, 1.82) is 0 Å². The molecule has 7 heteroatoms. The van der Waals surface area contributed by atoms with Crippen LogP contribution >= 0.6 is 0 Å². The van der Waals surface area contributed by atoms with Crippen LogP contribution in [0, 0.1) is 0 Å². The van der Waals surface area contributed by atoms with Crippen molar-refractivity contribution in [3.63, 3.8) is 0 Å². The number of aromatic amines is 1. The van der Waals surface area contributed by atoms with E-state index in [1.807, 2.05) is 0 Å². The molecule has 1 unspecified atom stereocenters. The van der Waals surface area contributed by atoms with E-state index in [0.29, 0.717) is 0 Å². The summed E-state index contributed by atoms with van der Waals surface area (Å²) < 4.78 is 4.82. The predicted molar refractivity (Wildman–Crippen MR) is 71.7 cm³/mol. The zero-order valence-electron chi connectivity index (χ0n) is 11.8.